The van der Waals surface area contributed by atoms with Gasteiger partial charge in [-0.15, -0.1) is 6.58 Å². The maximum Gasteiger partial charge on any atom is 0.226 e. The first kappa shape index (κ1) is 14.2. The fourth-order valence-electron chi connectivity index (χ4n) is 2.46. The van der Waals surface area contributed by atoms with Crippen molar-refractivity contribution >= 4 is 36.6 Å². The quantitative estimate of drug-likeness (QED) is 0.655. The molecule has 1 heterocycles. The number of hydrogen-bond acceptors (Lipinski definition) is 4. The number of nitrogens with one attached hydrogen (secondary N) is 2. The average molecular weight is 277 g/mol. The Morgan fingerprint density at radius 2 is 1.89 bits per heavy atom. The standard InChI is InChI=1S/C13H18BClN4/c1-8(14)10-11(16-2)18-13(15)19-12(10)17-9-6-4-3-5-7-9/h9H,1,3-7H2,2H3,(H2,16,17,18,19). The van der Waals surface area contributed by atoms with Crippen LogP contribution in [0.5, 0.6) is 0 Å². The van der Waals surface area contributed by atoms with E-state index in [1.54, 1.807) is 7.05 Å². The summed E-state index contributed by atoms with van der Waals surface area (Å²) < 4.78 is 0. The van der Waals surface area contributed by atoms with Crippen molar-refractivity contribution in [2.45, 2.75) is 38.1 Å². The van der Waals surface area contributed by atoms with Gasteiger partial charge in [0.1, 0.15) is 19.5 Å². The molecule has 0 amide bonds. The molecule has 100 valence electrons. The molecule has 6 heteroatoms. The highest BCUT2D eigenvalue weighted by Crippen LogP contribution is 2.30. The predicted octanol–water partition coefficient (Wildman–Crippen LogP) is 3.06. The molecular weight excluding hydrogens is 258 g/mol. The van der Waals surface area contributed by atoms with Gasteiger partial charge in [-0.05, 0) is 24.4 Å². The van der Waals surface area contributed by atoms with Crippen molar-refractivity contribution < 1.29 is 0 Å². The molecule has 2 rings (SSSR count). The van der Waals surface area contributed by atoms with Crippen LogP contribution in [0.25, 0.3) is 5.47 Å². The van der Waals surface area contributed by atoms with E-state index < -0.39 is 0 Å². The van der Waals surface area contributed by atoms with Crippen LogP contribution in [0.3, 0.4) is 0 Å². The minimum atomic E-state index is 0.202. The molecular formula is C13H18BClN4. The van der Waals surface area contributed by atoms with Crippen LogP contribution in [0.15, 0.2) is 6.58 Å². The summed E-state index contributed by atoms with van der Waals surface area (Å²) in [5, 5.41) is 6.61. The van der Waals surface area contributed by atoms with Crippen LogP contribution >= 0.6 is 11.6 Å². The molecule has 2 N–H and O–H groups in total. The van der Waals surface area contributed by atoms with Crippen LogP contribution in [0.2, 0.25) is 5.28 Å². The van der Waals surface area contributed by atoms with Crippen LogP contribution in [-0.2, 0) is 0 Å². The molecule has 0 spiro atoms. The molecule has 0 bridgehead atoms. The van der Waals surface area contributed by atoms with E-state index in [1.165, 1.54) is 19.3 Å². The first-order valence-corrected chi connectivity index (χ1v) is 6.96. The van der Waals surface area contributed by atoms with Gasteiger partial charge in [0.15, 0.2) is 0 Å². The highest BCUT2D eigenvalue weighted by Gasteiger charge is 2.18. The van der Waals surface area contributed by atoms with Crippen molar-refractivity contribution in [2.75, 3.05) is 17.7 Å². The molecule has 1 aromatic rings. The summed E-state index contributed by atoms with van der Waals surface area (Å²) in [7, 11) is 7.62. The Labute approximate surface area is 120 Å². The molecule has 0 aliphatic heterocycles. The third-order valence-electron chi connectivity index (χ3n) is 3.39. The maximum atomic E-state index is 5.95. The Morgan fingerprint density at radius 1 is 1.26 bits per heavy atom. The molecule has 2 radical (unpaired) electrons. The summed E-state index contributed by atoms with van der Waals surface area (Å²) in [6.45, 7) is 3.79. The molecule has 1 fully saturated rings. The summed E-state index contributed by atoms with van der Waals surface area (Å²) in [5.74, 6) is 1.27. The molecule has 0 saturated heterocycles. The van der Waals surface area contributed by atoms with Gasteiger partial charge in [0.2, 0.25) is 5.28 Å². The van der Waals surface area contributed by atoms with E-state index in [0.29, 0.717) is 28.7 Å². The maximum absolute atomic E-state index is 5.95. The van der Waals surface area contributed by atoms with Gasteiger partial charge in [0.25, 0.3) is 0 Å². The Kier molecular flexibility index (Phi) is 4.69. The lowest BCUT2D eigenvalue weighted by Crippen LogP contribution is -2.24. The molecule has 0 aromatic carbocycles. The minimum absolute atomic E-state index is 0.202. The number of halogens is 1. The average Bonchev–Trinajstić information content (AvgIpc) is 2.38. The van der Waals surface area contributed by atoms with Gasteiger partial charge in [-0.25, -0.2) is 9.97 Å². The van der Waals surface area contributed by atoms with Gasteiger partial charge < -0.3 is 10.6 Å². The normalized spacial score (nSPS) is 16.1. The van der Waals surface area contributed by atoms with Crippen LogP contribution in [0.4, 0.5) is 11.6 Å². The van der Waals surface area contributed by atoms with Crippen LogP contribution < -0.4 is 10.6 Å². The van der Waals surface area contributed by atoms with E-state index in [-0.39, 0.29) is 5.28 Å². The molecule has 1 aliphatic rings. The van der Waals surface area contributed by atoms with E-state index in [1.807, 2.05) is 0 Å². The fraction of sp³-hybridized carbons (Fsp3) is 0.538. The summed E-state index contributed by atoms with van der Waals surface area (Å²) in [4.78, 5) is 8.39. The Hall–Kier alpha value is -1.23. The zero-order valence-corrected chi connectivity index (χ0v) is 11.9. The predicted molar refractivity (Wildman–Crippen MR) is 81.9 cm³/mol. The van der Waals surface area contributed by atoms with Crippen LogP contribution in [0, 0.1) is 0 Å². The third kappa shape index (κ3) is 3.41. The second-order valence-corrected chi connectivity index (χ2v) is 5.16. The van der Waals surface area contributed by atoms with Crippen molar-refractivity contribution in [3.63, 3.8) is 0 Å². The van der Waals surface area contributed by atoms with Crippen LogP contribution in [0.1, 0.15) is 37.7 Å². The van der Waals surface area contributed by atoms with E-state index in [2.05, 4.69) is 27.2 Å². The van der Waals surface area contributed by atoms with Gasteiger partial charge in [0, 0.05) is 13.1 Å². The molecule has 0 unspecified atom stereocenters. The minimum Gasteiger partial charge on any atom is -0.372 e. The highest BCUT2D eigenvalue weighted by molar-refractivity contribution is 6.43. The number of aromatic nitrogens is 2. The van der Waals surface area contributed by atoms with Gasteiger partial charge in [0.05, 0.1) is 5.56 Å². The summed E-state index contributed by atoms with van der Waals surface area (Å²) in [5.41, 5.74) is 1.14. The van der Waals surface area contributed by atoms with Crippen molar-refractivity contribution in [1.29, 1.82) is 0 Å². The SMILES string of the molecule is [B]C(=C)c1c(NC)nc(Cl)nc1NC1CCCCC1. The first-order valence-electron chi connectivity index (χ1n) is 6.58. The first-order chi connectivity index (χ1) is 9.11. The van der Waals surface area contributed by atoms with Crippen molar-refractivity contribution in [2.24, 2.45) is 0 Å². The second-order valence-electron chi connectivity index (χ2n) is 4.82. The zero-order chi connectivity index (χ0) is 13.8. The van der Waals surface area contributed by atoms with Crippen molar-refractivity contribution in [3.05, 3.63) is 17.4 Å². The van der Waals surface area contributed by atoms with Crippen molar-refractivity contribution in [1.82, 2.24) is 9.97 Å². The number of hydrogen-bond donors (Lipinski definition) is 2. The molecule has 19 heavy (non-hydrogen) atoms. The summed E-state index contributed by atoms with van der Waals surface area (Å²) in [6, 6.07) is 0.419. The fourth-order valence-corrected chi connectivity index (χ4v) is 2.63. The van der Waals surface area contributed by atoms with Gasteiger partial charge in [-0.1, -0.05) is 24.7 Å². The molecule has 0 atom stereocenters. The van der Waals surface area contributed by atoms with E-state index in [9.17, 15) is 0 Å². The largest absolute Gasteiger partial charge is 0.372 e. The van der Waals surface area contributed by atoms with E-state index >= 15 is 0 Å². The Balaban J connectivity index is 2.31. The molecule has 1 aromatic heterocycles. The lowest BCUT2D eigenvalue weighted by molar-refractivity contribution is 0.462. The van der Waals surface area contributed by atoms with E-state index in [4.69, 9.17) is 19.4 Å². The Morgan fingerprint density at radius 3 is 2.47 bits per heavy atom. The number of nitrogens with zero attached hydrogens (tertiary/aromatic N) is 2. The molecule has 4 nitrogen and oxygen atoms in total. The van der Waals surface area contributed by atoms with Gasteiger partial charge >= 0.3 is 0 Å². The highest BCUT2D eigenvalue weighted by atomic mass is 35.5. The molecule has 1 saturated carbocycles. The number of anilines is 2. The zero-order valence-electron chi connectivity index (χ0n) is 11.2. The monoisotopic (exact) mass is 276 g/mol. The third-order valence-corrected chi connectivity index (χ3v) is 3.55. The Bertz CT molecular complexity index is 472. The summed E-state index contributed by atoms with van der Waals surface area (Å²) in [6.07, 6.45) is 6.09. The smallest absolute Gasteiger partial charge is 0.226 e. The van der Waals surface area contributed by atoms with Gasteiger partial charge in [-0.3, -0.25) is 0 Å². The van der Waals surface area contributed by atoms with Crippen molar-refractivity contribution in [3.8, 4) is 0 Å². The second kappa shape index (κ2) is 6.28. The molecule has 1 aliphatic carbocycles. The van der Waals surface area contributed by atoms with Gasteiger partial charge in [-0.2, -0.15) is 0 Å². The lowest BCUT2D eigenvalue weighted by atomic mass is 9.89. The van der Waals surface area contributed by atoms with Crippen LogP contribution in [-0.4, -0.2) is 30.9 Å². The van der Waals surface area contributed by atoms with E-state index in [0.717, 1.165) is 12.8 Å². The lowest BCUT2D eigenvalue weighted by Gasteiger charge is -2.25. The topological polar surface area (TPSA) is 49.8 Å². The number of rotatable bonds is 4. The summed E-state index contributed by atoms with van der Waals surface area (Å²) >= 11 is 5.95.